The molecule has 22 heavy (non-hydrogen) atoms. The van der Waals surface area contributed by atoms with Gasteiger partial charge in [-0.25, -0.2) is 0 Å². The summed E-state index contributed by atoms with van der Waals surface area (Å²) in [5.41, 5.74) is 1.28. The maximum atomic E-state index is 12.5. The van der Waals surface area contributed by atoms with E-state index >= 15 is 0 Å². The number of amides is 1. The lowest BCUT2D eigenvalue weighted by Gasteiger charge is -2.15. The van der Waals surface area contributed by atoms with Crippen LogP contribution in [0.15, 0.2) is 24.3 Å². The molecule has 2 rings (SSSR count). The van der Waals surface area contributed by atoms with Crippen molar-refractivity contribution in [3.05, 3.63) is 35.7 Å². The zero-order chi connectivity index (χ0) is 15.9. The Morgan fingerprint density at radius 2 is 2.09 bits per heavy atom. The maximum absolute atomic E-state index is 12.5. The smallest absolute Gasteiger partial charge is 0.253 e. The fourth-order valence-electron chi connectivity index (χ4n) is 2.38. The number of benzene rings is 1. The van der Waals surface area contributed by atoms with Crippen molar-refractivity contribution in [2.45, 2.75) is 52.5 Å². The van der Waals surface area contributed by atoms with Crippen molar-refractivity contribution in [3.63, 3.8) is 0 Å². The summed E-state index contributed by atoms with van der Waals surface area (Å²) in [6.45, 7) is 6.02. The lowest BCUT2D eigenvalue weighted by atomic mass is 10.1. The topological polar surface area (TPSA) is 72.7 Å². The zero-order valence-corrected chi connectivity index (χ0v) is 13.4. The van der Waals surface area contributed by atoms with E-state index in [-0.39, 0.29) is 11.9 Å². The van der Waals surface area contributed by atoms with Crippen LogP contribution < -0.4 is 5.32 Å². The van der Waals surface area contributed by atoms with Gasteiger partial charge in [0, 0.05) is 6.04 Å². The van der Waals surface area contributed by atoms with Crippen molar-refractivity contribution in [3.8, 4) is 5.69 Å². The van der Waals surface area contributed by atoms with Crippen LogP contribution in [0.25, 0.3) is 5.69 Å². The van der Waals surface area contributed by atoms with Gasteiger partial charge in [0.2, 0.25) is 0 Å². The molecular formula is C16H23N5O. The summed E-state index contributed by atoms with van der Waals surface area (Å²) < 4.78 is 1.58. The maximum Gasteiger partial charge on any atom is 0.253 e. The second kappa shape index (κ2) is 7.68. The second-order valence-corrected chi connectivity index (χ2v) is 5.53. The molecule has 2 aromatic rings. The normalized spacial score (nSPS) is 12.1. The molecular weight excluding hydrogens is 278 g/mol. The van der Waals surface area contributed by atoms with Gasteiger partial charge in [0.1, 0.15) is 0 Å². The number of nitrogens with zero attached hydrogens (tertiary/aromatic N) is 4. The lowest BCUT2D eigenvalue weighted by molar-refractivity contribution is 0.0937. The molecule has 0 bridgehead atoms. The number of nitrogens with one attached hydrogen (secondary N) is 1. The fraction of sp³-hybridized carbons (Fsp3) is 0.500. The Morgan fingerprint density at radius 1 is 1.32 bits per heavy atom. The Hall–Kier alpha value is -2.24. The largest absolute Gasteiger partial charge is 0.350 e. The van der Waals surface area contributed by atoms with Crippen LogP contribution in [0.3, 0.4) is 0 Å². The molecule has 1 atom stereocenters. The highest BCUT2D eigenvalue weighted by atomic mass is 16.1. The summed E-state index contributed by atoms with van der Waals surface area (Å²) in [7, 11) is 0. The molecule has 0 saturated heterocycles. The van der Waals surface area contributed by atoms with Crippen LogP contribution >= 0.6 is 0 Å². The predicted octanol–water partition coefficient (Wildman–Crippen LogP) is 2.67. The molecule has 0 unspecified atom stereocenters. The van der Waals surface area contributed by atoms with Gasteiger partial charge in [-0.05, 0) is 42.8 Å². The molecule has 1 N–H and O–H groups in total. The van der Waals surface area contributed by atoms with Gasteiger partial charge in [-0.2, -0.15) is 4.68 Å². The molecule has 0 radical (unpaired) electrons. The number of aryl methyl sites for hydroxylation is 1. The molecule has 0 aliphatic rings. The average molecular weight is 301 g/mol. The van der Waals surface area contributed by atoms with Crippen molar-refractivity contribution in [2.75, 3.05) is 0 Å². The van der Waals surface area contributed by atoms with Crippen LogP contribution in [0.1, 0.15) is 55.7 Å². The van der Waals surface area contributed by atoms with Gasteiger partial charge in [-0.15, -0.1) is 5.10 Å². The van der Waals surface area contributed by atoms with Crippen LogP contribution in [0.5, 0.6) is 0 Å². The summed E-state index contributed by atoms with van der Waals surface area (Å²) in [6.07, 6.45) is 4.50. The first-order chi connectivity index (χ1) is 10.6. The summed E-state index contributed by atoms with van der Waals surface area (Å²) in [5.74, 6) is 0.561. The quantitative estimate of drug-likeness (QED) is 0.798. The van der Waals surface area contributed by atoms with E-state index in [1.165, 1.54) is 12.8 Å². The third-order valence-electron chi connectivity index (χ3n) is 3.62. The van der Waals surface area contributed by atoms with Gasteiger partial charge >= 0.3 is 0 Å². The predicted molar refractivity (Wildman–Crippen MR) is 85.0 cm³/mol. The van der Waals surface area contributed by atoms with Gasteiger partial charge in [0.15, 0.2) is 5.82 Å². The molecule has 1 aromatic heterocycles. The van der Waals surface area contributed by atoms with E-state index in [4.69, 9.17) is 0 Å². The standard InChI is InChI=1S/C16H23N5O/c1-4-5-6-9-12(2)17-16(22)14-10-7-8-11-15(14)21-13(3)18-19-20-21/h7-8,10-12H,4-6,9H2,1-3H3,(H,17,22)/t12-/m0/s1. The molecule has 0 fully saturated rings. The fourth-order valence-corrected chi connectivity index (χ4v) is 2.38. The van der Waals surface area contributed by atoms with Gasteiger partial charge in [-0.1, -0.05) is 38.3 Å². The highest BCUT2D eigenvalue weighted by Gasteiger charge is 2.16. The molecule has 118 valence electrons. The van der Waals surface area contributed by atoms with Gasteiger partial charge in [-0.3, -0.25) is 4.79 Å². The third kappa shape index (κ3) is 3.90. The van der Waals surface area contributed by atoms with Crippen LogP contribution in [-0.4, -0.2) is 32.2 Å². The molecule has 6 nitrogen and oxygen atoms in total. The Bertz CT molecular complexity index is 623. The molecule has 0 saturated carbocycles. The van der Waals surface area contributed by atoms with E-state index in [9.17, 15) is 4.79 Å². The van der Waals surface area contributed by atoms with E-state index in [1.807, 2.05) is 32.0 Å². The molecule has 6 heteroatoms. The molecule has 1 aromatic carbocycles. The summed E-state index contributed by atoms with van der Waals surface area (Å²) >= 11 is 0. The highest BCUT2D eigenvalue weighted by Crippen LogP contribution is 2.15. The summed E-state index contributed by atoms with van der Waals surface area (Å²) in [6, 6.07) is 7.52. The molecule has 0 aliphatic heterocycles. The average Bonchev–Trinajstić information content (AvgIpc) is 2.93. The van der Waals surface area contributed by atoms with Crippen LogP contribution in [-0.2, 0) is 0 Å². The lowest BCUT2D eigenvalue weighted by Crippen LogP contribution is -2.33. The number of para-hydroxylation sites is 1. The molecule has 1 heterocycles. The van der Waals surface area contributed by atoms with Crippen molar-refractivity contribution in [2.24, 2.45) is 0 Å². The third-order valence-corrected chi connectivity index (χ3v) is 3.62. The number of aromatic nitrogens is 4. The van der Waals surface area contributed by atoms with Crippen molar-refractivity contribution >= 4 is 5.91 Å². The minimum Gasteiger partial charge on any atom is -0.350 e. The van der Waals surface area contributed by atoms with Crippen molar-refractivity contribution < 1.29 is 4.79 Å². The van der Waals surface area contributed by atoms with E-state index < -0.39 is 0 Å². The number of rotatable bonds is 7. The van der Waals surface area contributed by atoms with Gasteiger partial charge < -0.3 is 5.32 Å². The van der Waals surface area contributed by atoms with Crippen molar-refractivity contribution in [1.29, 1.82) is 0 Å². The monoisotopic (exact) mass is 301 g/mol. The number of unbranched alkanes of at least 4 members (excludes halogenated alkanes) is 2. The zero-order valence-electron chi connectivity index (χ0n) is 13.4. The van der Waals surface area contributed by atoms with Crippen LogP contribution in [0.4, 0.5) is 0 Å². The minimum absolute atomic E-state index is 0.0884. The van der Waals surface area contributed by atoms with E-state index in [0.29, 0.717) is 17.1 Å². The van der Waals surface area contributed by atoms with Crippen LogP contribution in [0, 0.1) is 6.92 Å². The molecule has 1 amide bonds. The first kappa shape index (κ1) is 16.1. The van der Waals surface area contributed by atoms with Gasteiger partial charge in [0.05, 0.1) is 11.3 Å². The first-order valence-electron chi connectivity index (χ1n) is 7.78. The SMILES string of the molecule is CCCCC[C@H](C)NC(=O)c1ccccc1-n1nnnc1C. The number of carbonyl (C=O) groups excluding carboxylic acids is 1. The second-order valence-electron chi connectivity index (χ2n) is 5.53. The first-order valence-corrected chi connectivity index (χ1v) is 7.78. The Labute approximate surface area is 130 Å². The highest BCUT2D eigenvalue weighted by molar-refractivity contribution is 5.97. The molecule has 0 aliphatic carbocycles. The Balaban J connectivity index is 2.12. The summed E-state index contributed by atoms with van der Waals surface area (Å²) in [5, 5.41) is 14.5. The Morgan fingerprint density at radius 3 is 2.77 bits per heavy atom. The minimum atomic E-state index is -0.0884. The molecule has 0 spiro atoms. The van der Waals surface area contributed by atoms with Crippen LogP contribution in [0.2, 0.25) is 0 Å². The number of hydrogen-bond donors (Lipinski definition) is 1. The van der Waals surface area contributed by atoms with Crippen molar-refractivity contribution in [1.82, 2.24) is 25.5 Å². The Kier molecular flexibility index (Phi) is 5.63. The number of carbonyl (C=O) groups is 1. The number of tetrazole rings is 1. The van der Waals surface area contributed by atoms with E-state index in [1.54, 1.807) is 10.7 Å². The number of hydrogen-bond acceptors (Lipinski definition) is 4. The summed E-state index contributed by atoms with van der Waals surface area (Å²) in [4.78, 5) is 12.5. The van der Waals surface area contributed by atoms with E-state index in [0.717, 1.165) is 12.8 Å². The van der Waals surface area contributed by atoms with E-state index in [2.05, 4.69) is 27.8 Å². The van der Waals surface area contributed by atoms with Gasteiger partial charge in [0.25, 0.3) is 5.91 Å².